The van der Waals surface area contributed by atoms with Gasteiger partial charge in [-0.25, -0.2) is 0 Å². The van der Waals surface area contributed by atoms with Crippen LogP contribution in [0.3, 0.4) is 0 Å². The molecule has 17 heavy (non-hydrogen) atoms. The third-order valence-corrected chi connectivity index (χ3v) is 4.72. The predicted octanol–water partition coefficient (Wildman–Crippen LogP) is 1.99. The standard InChI is InChI=1S/C13H22N2OS/c1-8-3-4-10(5-8)15-12(16)13(11(14)17)6-9(2)7-13/h8-10H,3-7H2,1-2H3,(H2,14,17)(H,15,16). The number of thiocarbonyl (C=S) groups is 1. The summed E-state index contributed by atoms with van der Waals surface area (Å²) in [5, 5.41) is 3.15. The molecule has 96 valence electrons. The third-order valence-electron chi connectivity index (χ3n) is 4.33. The van der Waals surface area contributed by atoms with E-state index < -0.39 is 5.41 Å². The van der Waals surface area contributed by atoms with Gasteiger partial charge in [0.15, 0.2) is 0 Å². The van der Waals surface area contributed by atoms with Crippen molar-refractivity contribution in [3.63, 3.8) is 0 Å². The molecule has 2 unspecified atom stereocenters. The number of hydrogen-bond acceptors (Lipinski definition) is 2. The maximum absolute atomic E-state index is 12.3. The minimum absolute atomic E-state index is 0.0715. The summed E-state index contributed by atoms with van der Waals surface area (Å²) in [7, 11) is 0. The van der Waals surface area contributed by atoms with Crippen LogP contribution in [0.1, 0.15) is 46.0 Å². The number of nitrogens with two attached hydrogens (primary N) is 1. The van der Waals surface area contributed by atoms with Crippen LogP contribution in [0.15, 0.2) is 0 Å². The zero-order valence-electron chi connectivity index (χ0n) is 10.7. The molecule has 1 amide bonds. The Labute approximate surface area is 109 Å². The van der Waals surface area contributed by atoms with E-state index in [9.17, 15) is 4.79 Å². The summed E-state index contributed by atoms with van der Waals surface area (Å²) >= 11 is 5.09. The van der Waals surface area contributed by atoms with Gasteiger partial charge in [-0.2, -0.15) is 0 Å². The second-order valence-corrected chi connectivity index (χ2v) is 6.49. The summed E-state index contributed by atoms with van der Waals surface area (Å²) in [6, 6.07) is 0.333. The Kier molecular flexibility index (Phi) is 3.43. The fourth-order valence-electron chi connectivity index (χ4n) is 3.29. The highest BCUT2D eigenvalue weighted by Crippen LogP contribution is 2.46. The van der Waals surface area contributed by atoms with E-state index in [1.165, 1.54) is 6.42 Å². The van der Waals surface area contributed by atoms with E-state index in [2.05, 4.69) is 19.2 Å². The molecule has 0 aromatic heterocycles. The van der Waals surface area contributed by atoms with Crippen LogP contribution < -0.4 is 11.1 Å². The SMILES string of the molecule is CC1CCC(NC(=O)C2(C(N)=S)CC(C)C2)C1. The predicted molar refractivity (Wildman–Crippen MR) is 72.6 cm³/mol. The van der Waals surface area contributed by atoms with E-state index in [1.54, 1.807) is 0 Å². The van der Waals surface area contributed by atoms with Gasteiger partial charge in [0.1, 0.15) is 0 Å². The first-order valence-electron chi connectivity index (χ1n) is 6.55. The van der Waals surface area contributed by atoms with Crippen molar-refractivity contribution in [3.8, 4) is 0 Å². The molecular weight excluding hydrogens is 232 g/mol. The molecule has 4 heteroatoms. The molecule has 2 atom stereocenters. The molecular formula is C13H22N2OS. The minimum atomic E-state index is -0.541. The topological polar surface area (TPSA) is 55.1 Å². The van der Waals surface area contributed by atoms with Crippen LogP contribution >= 0.6 is 12.2 Å². The van der Waals surface area contributed by atoms with Crippen LogP contribution in [0.4, 0.5) is 0 Å². The first-order chi connectivity index (χ1) is 7.94. The van der Waals surface area contributed by atoms with Crippen molar-refractivity contribution in [2.45, 2.75) is 52.0 Å². The van der Waals surface area contributed by atoms with Gasteiger partial charge in [-0.1, -0.05) is 26.1 Å². The molecule has 0 radical (unpaired) electrons. The van der Waals surface area contributed by atoms with Crippen molar-refractivity contribution < 1.29 is 4.79 Å². The average molecular weight is 254 g/mol. The van der Waals surface area contributed by atoms with E-state index >= 15 is 0 Å². The van der Waals surface area contributed by atoms with Crippen LogP contribution in [0.5, 0.6) is 0 Å². The van der Waals surface area contributed by atoms with E-state index in [-0.39, 0.29) is 5.91 Å². The quantitative estimate of drug-likeness (QED) is 0.757. The van der Waals surface area contributed by atoms with Crippen LogP contribution in [0, 0.1) is 17.3 Å². The summed E-state index contributed by atoms with van der Waals surface area (Å²) in [6.45, 7) is 4.38. The second-order valence-electron chi connectivity index (χ2n) is 6.05. The number of rotatable bonds is 3. The Hall–Kier alpha value is -0.640. The number of nitrogens with one attached hydrogen (secondary N) is 1. The summed E-state index contributed by atoms with van der Waals surface area (Å²) in [5.74, 6) is 1.35. The zero-order valence-corrected chi connectivity index (χ0v) is 11.5. The van der Waals surface area contributed by atoms with E-state index in [0.717, 1.165) is 31.6 Å². The molecule has 0 bridgehead atoms. The van der Waals surface area contributed by atoms with Gasteiger partial charge < -0.3 is 11.1 Å². The zero-order chi connectivity index (χ0) is 12.6. The molecule has 0 aliphatic heterocycles. The molecule has 2 aliphatic carbocycles. The van der Waals surface area contributed by atoms with Crippen molar-refractivity contribution in [3.05, 3.63) is 0 Å². The van der Waals surface area contributed by atoms with Crippen LogP contribution in [-0.4, -0.2) is 16.9 Å². The van der Waals surface area contributed by atoms with Crippen molar-refractivity contribution >= 4 is 23.1 Å². The normalized spacial score (nSPS) is 40.7. The fourth-order valence-corrected chi connectivity index (χ4v) is 3.55. The second kappa shape index (κ2) is 4.56. The molecule has 2 fully saturated rings. The van der Waals surface area contributed by atoms with Gasteiger partial charge in [-0.15, -0.1) is 0 Å². The van der Waals surface area contributed by atoms with Gasteiger partial charge in [0.25, 0.3) is 0 Å². The van der Waals surface area contributed by atoms with Crippen LogP contribution in [-0.2, 0) is 4.79 Å². The monoisotopic (exact) mass is 254 g/mol. The lowest BCUT2D eigenvalue weighted by molar-refractivity contribution is -0.133. The Morgan fingerprint density at radius 2 is 1.94 bits per heavy atom. The molecule has 2 rings (SSSR count). The lowest BCUT2D eigenvalue weighted by atomic mass is 9.62. The van der Waals surface area contributed by atoms with E-state index in [0.29, 0.717) is 16.9 Å². The highest BCUT2D eigenvalue weighted by Gasteiger charge is 2.51. The minimum Gasteiger partial charge on any atom is -0.392 e. The first-order valence-corrected chi connectivity index (χ1v) is 6.96. The van der Waals surface area contributed by atoms with Gasteiger partial charge >= 0.3 is 0 Å². The number of amides is 1. The maximum atomic E-state index is 12.3. The number of hydrogen-bond donors (Lipinski definition) is 2. The van der Waals surface area contributed by atoms with Gasteiger partial charge in [0.2, 0.25) is 5.91 Å². The average Bonchev–Trinajstić information content (AvgIpc) is 2.58. The summed E-state index contributed by atoms with van der Waals surface area (Å²) in [4.78, 5) is 12.7. The fraction of sp³-hybridized carbons (Fsp3) is 0.846. The van der Waals surface area contributed by atoms with Gasteiger partial charge in [0, 0.05) is 6.04 Å². The Balaban J connectivity index is 1.96. The molecule has 3 N–H and O–H groups in total. The van der Waals surface area contributed by atoms with Gasteiger partial charge in [0.05, 0.1) is 10.4 Å². The summed E-state index contributed by atoms with van der Waals surface area (Å²) < 4.78 is 0. The molecule has 0 heterocycles. The molecule has 2 saturated carbocycles. The largest absolute Gasteiger partial charge is 0.392 e. The lowest BCUT2D eigenvalue weighted by Crippen LogP contribution is -2.57. The number of carbonyl (C=O) groups is 1. The highest BCUT2D eigenvalue weighted by atomic mass is 32.1. The molecule has 0 aromatic rings. The third kappa shape index (κ3) is 2.32. The van der Waals surface area contributed by atoms with Gasteiger partial charge in [-0.3, -0.25) is 4.79 Å². The van der Waals surface area contributed by atoms with Crippen molar-refractivity contribution in [1.29, 1.82) is 0 Å². The Morgan fingerprint density at radius 3 is 2.35 bits per heavy atom. The Morgan fingerprint density at radius 1 is 1.29 bits per heavy atom. The first kappa shape index (κ1) is 12.8. The highest BCUT2D eigenvalue weighted by molar-refractivity contribution is 7.80. The van der Waals surface area contributed by atoms with E-state index in [4.69, 9.17) is 18.0 Å². The summed E-state index contributed by atoms with van der Waals surface area (Å²) in [5.41, 5.74) is 5.23. The molecule has 0 saturated heterocycles. The smallest absolute Gasteiger partial charge is 0.233 e. The van der Waals surface area contributed by atoms with E-state index in [1.807, 2.05) is 0 Å². The Bertz CT molecular complexity index is 336. The molecule has 2 aliphatic rings. The number of carbonyl (C=O) groups excluding carboxylic acids is 1. The lowest BCUT2D eigenvalue weighted by Gasteiger charge is -2.44. The van der Waals surface area contributed by atoms with Gasteiger partial charge in [-0.05, 0) is 43.9 Å². The van der Waals surface area contributed by atoms with Crippen LogP contribution in [0.2, 0.25) is 0 Å². The molecule has 0 spiro atoms. The summed E-state index contributed by atoms with van der Waals surface area (Å²) in [6.07, 6.45) is 5.03. The molecule has 3 nitrogen and oxygen atoms in total. The van der Waals surface area contributed by atoms with Crippen molar-refractivity contribution in [1.82, 2.24) is 5.32 Å². The maximum Gasteiger partial charge on any atom is 0.233 e. The van der Waals surface area contributed by atoms with Crippen molar-refractivity contribution in [2.75, 3.05) is 0 Å². The van der Waals surface area contributed by atoms with Crippen molar-refractivity contribution in [2.24, 2.45) is 23.0 Å². The molecule has 0 aromatic carbocycles. The van der Waals surface area contributed by atoms with Crippen LogP contribution in [0.25, 0.3) is 0 Å².